The van der Waals surface area contributed by atoms with Crippen LogP contribution in [0.4, 0.5) is 0 Å². The minimum atomic E-state index is -0.604. The van der Waals surface area contributed by atoms with Crippen molar-refractivity contribution in [3.8, 4) is 0 Å². The molecule has 2 unspecified atom stereocenters. The van der Waals surface area contributed by atoms with Crippen molar-refractivity contribution in [2.45, 2.75) is 44.2 Å². The fraction of sp³-hybridized carbons (Fsp3) is 0.923. The molecule has 0 aromatic carbocycles. The predicted molar refractivity (Wildman–Crippen MR) is 67.0 cm³/mol. The summed E-state index contributed by atoms with van der Waals surface area (Å²) >= 11 is 0. The molecule has 0 bridgehead atoms. The number of piperidine rings is 1. The van der Waals surface area contributed by atoms with Crippen LogP contribution in [0.25, 0.3) is 0 Å². The van der Waals surface area contributed by atoms with Crippen molar-refractivity contribution >= 4 is 5.97 Å². The summed E-state index contributed by atoms with van der Waals surface area (Å²) in [6, 6.07) is 0.844. The van der Waals surface area contributed by atoms with E-state index in [0.717, 1.165) is 32.4 Å². The van der Waals surface area contributed by atoms with E-state index in [4.69, 9.17) is 0 Å². The first-order chi connectivity index (χ1) is 8.09. The summed E-state index contributed by atoms with van der Waals surface area (Å²) in [7, 11) is 4.29. The lowest BCUT2D eigenvalue weighted by atomic mass is 9.97. The van der Waals surface area contributed by atoms with Gasteiger partial charge in [-0.15, -0.1) is 0 Å². The molecule has 1 saturated heterocycles. The lowest BCUT2D eigenvalue weighted by molar-refractivity contribution is -0.143. The first-order valence-electron chi connectivity index (χ1n) is 6.73. The Bertz CT molecular complexity index is 275. The maximum atomic E-state index is 11.2. The fourth-order valence-corrected chi connectivity index (χ4v) is 3.39. The van der Waals surface area contributed by atoms with Crippen LogP contribution in [0.2, 0.25) is 0 Å². The van der Waals surface area contributed by atoms with Crippen LogP contribution in [0, 0.1) is 5.92 Å². The highest BCUT2D eigenvalue weighted by molar-refractivity contribution is 5.71. The van der Waals surface area contributed by atoms with Crippen molar-refractivity contribution < 1.29 is 9.90 Å². The molecular formula is C13H24N2O2. The van der Waals surface area contributed by atoms with Gasteiger partial charge in [0.2, 0.25) is 0 Å². The summed E-state index contributed by atoms with van der Waals surface area (Å²) in [6.45, 7) is 2.28. The summed E-state index contributed by atoms with van der Waals surface area (Å²) < 4.78 is 0. The molecule has 0 spiro atoms. The number of carbonyl (C=O) groups is 1. The van der Waals surface area contributed by atoms with Gasteiger partial charge in [-0.25, -0.2) is 0 Å². The molecule has 4 heteroatoms. The van der Waals surface area contributed by atoms with Crippen LogP contribution in [0.5, 0.6) is 0 Å². The third-order valence-corrected chi connectivity index (χ3v) is 4.58. The largest absolute Gasteiger partial charge is 0.481 e. The van der Waals surface area contributed by atoms with E-state index < -0.39 is 5.97 Å². The SMILES string of the molecule is CN1CCC(N(C)C2CCCC2C(=O)O)CC1. The van der Waals surface area contributed by atoms with Gasteiger partial charge in [0, 0.05) is 12.1 Å². The van der Waals surface area contributed by atoms with Gasteiger partial charge in [-0.05, 0) is 52.9 Å². The van der Waals surface area contributed by atoms with Crippen LogP contribution < -0.4 is 0 Å². The van der Waals surface area contributed by atoms with Gasteiger partial charge in [0.25, 0.3) is 0 Å². The van der Waals surface area contributed by atoms with Crippen LogP contribution in [0.1, 0.15) is 32.1 Å². The number of rotatable bonds is 3. The van der Waals surface area contributed by atoms with E-state index in [1.165, 1.54) is 12.8 Å². The second-order valence-electron chi connectivity index (χ2n) is 5.64. The van der Waals surface area contributed by atoms with Gasteiger partial charge in [0.1, 0.15) is 0 Å². The second kappa shape index (κ2) is 5.36. The fourth-order valence-electron chi connectivity index (χ4n) is 3.39. The first-order valence-corrected chi connectivity index (χ1v) is 6.73. The number of carboxylic acid groups (broad SMARTS) is 1. The maximum absolute atomic E-state index is 11.2. The normalized spacial score (nSPS) is 32.2. The van der Waals surface area contributed by atoms with E-state index in [9.17, 15) is 9.90 Å². The van der Waals surface area contributed by atoms with Crippen molar-refractivity contribution in [3.05, 3.63) is 0 Å². The molecule has 1 aliphatic carbocycles. The Morgan fingerprint density at radius 2 is 1.88 bits per heavy atom. The van der Waals surface area contributed by atoms with Crippen molar-refractivity contribution in [1.29, 1.82) is 0 Å². The van der Waals surface area contributed by atoms with E-state index in [1.807, 2.05) is 0 Å². The van der Waals surface area contributed by atoms with Gasteiger partial charge < -0.3 is 10.0 Å². The molecule has 1 N–H and O–H groups in total. The molecule has 2 atom stereocenters. The molecule has 0 amide bonds. The first kappa shape index (κ1) is 12.8. The molecule has 4 nitrogen and oxygen atoms in total. The minimum absolute atomic E-state index is 0.139. The second-order valence-corrected chi connectivity index (χ2v) is 5.64. The third kappa shape index (κ3) is 2.80. The minimum Gasteiger partial charge on any atom is -0.481 e. The highest BCUT2D eigenvalue weighted by atomic mass is 16.4. The van der Waals surface area contributed by atoms with Crippen molar-refractivity contribution in [2.24, 2.45) is 5.92 Å². The number of likely N-dealkylation sites (tertiary alicyclic amines) is 1. The lowest BCUT2D eigenvalue weighted by Crippen LogP contribution is -2.48. The average molecular weight is 240 g/mol. The summed E-state index contributed by atoms with van der Waals surface area (Å²) in [5.74, 6) is -0.744. The van der Waals surface area contributed by atoms with Crippen LogP contribution in [0.3, 0.4) is 0 Å². The van der Waals surface area contributed by atoms with Crippen LogP contribution >= 0.6 is 0 Å². The molecule has 1 saturated carbocycles. The zero-order valence-corrected chi connectivity index (χ0v) is 10.9. The van der Waals surface area contributed by atoms with E-state index >= 15 is 0 Å². The molecule has 1 heterocycles. The molecule has 2 fully saturated rings. The van der Waals surface area contributed by atoms with Gasteiger partial charge in [0.15, 0.2) is 0 Å². The molecule has 0 aromatic heterocycles. The van der Waals surface area contributed by atoms with E-state index in [2.05, 4.69) is 23.9 Å². The number of aliphatic carboxylic acids is 1. The maximum Gasteiger partial charge on any atom is 0.308 e. The summed E-state index contributed by atoms with van der Waals surface area (Å²) in [5, 5.41) is 9.24. The smallest absolute Gasteiger partial charge is 0.308 e. The van der Waals surface area contributed by atoms with Crippen molar-refractivity contribution in [3.63, 3.8) is 0 Å². The third-order valence-electron chi connectivity index (χ3n) is 4.58. The number of hydrogen-bond donors (Lipinski definition) is 1. The summed E-state index contributed by atoms with van der Waals surface area (Å²) in [6.07, 6.45) is 5.33. The standard InChI is InChI=1S/C13H24N2O2/c1-14-8-6-10(7-9-14)15(2)12-5-3-4-11(12)13(16)17/h10-12H,3-9H2,1-2H3,(H,16,17). The van der Waals surface area contributed by atoms with Crippen LogP contribution in [-0.4, -0.2) is 60.1 Å². The monoisotopic (exact) mass is 240 g/mol. The lowest BCUT2D eigenvalue weighted by Gasteiger charge is -2.39. The molecule has 0 aromatic rings. The summed E-state index contributed by atoms with van der Waals surface area (Å²) in [5.41, 5.74) is 0. The Morgan fingerprint density at radius 3 is 2.47 bits per heavy atom. The van der Waals surface area contributed by atoms with E-state index in [0.29, 0.717) is 6.04 Å². The number of hydrogen-bond acceptors (Lipinski definition) is 3. The Labute approximate surface area is 104 Å². The Kier molecular flexibility index (Phi) is 4.05. The number of nitrogens with zero attached hydrogens (tertiary/aromatic N) is 2. The Balaban J connectivity index is 1.94. The van der Waals surface area contributed by atoms with Crippen molar-refractivity contribution in [2.75, 3.05) is 27.2 Å². The van der Waals surface area contributed by atoms with Gasteiger partial charge in [-0.3, -0.25) is 9.69 Å². The van der Waals surface area contributed by atoms with E-state index in [-0.39, 0.29) is 12.0 Å². The topological polar surface area (TPSA) is 43.8 Å². The predicted octanol–water partition coefficient (Wildman–Crippen LogP) is 1.27. The highest BCUT2D eigenvalue weighted by Gasteiger charge is 2.38. The zero-order chi connectivity index (χ0) is 12.4. The molecule has 2 rings (SSSR count). The summed E-state index contributed by atoms with van der Waals surface area (Å²) in [4.78, 5) is 15.9. The molecule has 2 aliphatic rings. The van der Waals surface area contributed by atoms with Gasteiger partial charge >= 0.3 is 5.97 Å². The molecule has 17 heavy (non-hydrogen) atoms. The zero-order valence-electron chi connectivity index (χ0n) is 10.9. The number of carboxylic acids is 1. The van der Waals surface area contributed by atoms with Crippen LogP contribution in [0.15, 0.2) is 0 Å². The van der Waals surface area contributed by atoms with Gasteiger partial charge in [-0.2, -0.15) is 0 Å². The average Bonchev–Trinajstić information content (AvgIpc) is 2.78. The van der Waals surface area contributed by atoms with Gasteiger partial charge in [0.05, 0.1) is 5.92 Å². The van der Waals surface area contributed by atoms with Gasteiger partial charge in [-0.1, -0.05) is 6.42 Å². The van der Waals surface area contributed by atoms with E-state index in [1.54, 1.807) is 0 Å². The molecular weight excluding hydrogens is 216 g/mol. The van der Waals surface area contributed by atoms with Crippen LogP contribution in [-0.2, 0) is 4.79 Å². The highest BCUT2D eigenvalue weighted by Crippen LogP contribution is 2.32. The molecule has 0 radical (unpaired) electrons. The Morgan fingerprint density at radius 1 is 1.24 bits per heavy atom. The quantitative estimate of drug-likeness (QED) is 0.806. The molecule has 1 aliphatic heterocycles. The van der Waals surface area contributed by atoms with Crippen molar-refractivity contribution in [1.82, 2.24) is 9.80 Å². The Hall–Kier alpha value is -0.610. The molecule has 98 valence electrons.